The molecule has 0 radical (unpaired) electrons. The summed E-state index contributed by atoms with van der Waals surface area (Å²) < 4.78 is 31.7. The lowest BCUT2D eigenvalue weighted by molar-refractivity contribution is -0.135. The third kappa shape index (κ3) is 1.45. The lowest BCUT2D eigenvalue weighted by atomic mass is 10.2. The van der Waals surface area contributed by atoms with E-state index >= 15 is 0 Å². The molecular weight excluding hydrogens is 232 g/mol. The summed E-state index contributed by atoms with van der Waals surface area (Å²) in [6, 6.07) is 0. The number of halogens is 2. The second kappa shape index (κ2) is 3.12. The molecule has 1 aromatic rings. The Labute approximate surface area is 95.1 Å². The van der Waals surface area contributed by atoms with E-state index < -0.39 is 23.6 Å². The molecule has 2 heterocycles. The van der Waals surface area contributed by atoms with E-state index in [-0.39, 0.29) is 11.5 Å². The maximum absolute atomic E-state index is 12.7. The Kier molecular flexibility index (Phi) is 1.90. The molecule has 1 spiro atoms. The number of nitrogens with zero attached hydrogens (tertiary/aromatic N) is 3. The molecule has 2 aliphatic rings. The monoisotopic (exact) mass is 241 g/mol. The van der Waals surface area contributed by atoms with E-state index in [9.17, 15) is 13.6 Å². The van der Waals surface area contributed by atoms with Crippen LogP contribution in [0.1, 0.15) is 30.5 Å². The Morgan fingerprint density at radius 2 is 2.24 bits per heavy atom. The van der Waals surface area contributed by atoms with Crippen molar-refractivity contribution >= 4 is 11.9 Å². The molecule has 0 bridgehead atoms. The number of hydrogen-bond acceptors (Lipinski definition) is 4. The van der Waals surface area contributed by atoms with Crippen molar-refractivity contribution in [2.24, 2.45) is 12.0 Å². The average molecular weight is 241 g/mol. The summed E-state index contributed by atoms with van der Waals surface area (Å²) in [7, 11) is 1.53. The fraction of sp³-hybridized carbons (Fsp3) is 0.500. The molecule has 5 nitrogen and oxygen atoms in total. The number of hydrogen-bond donors (Lipinski definition) is 0. The molecule has 1 aromatic heterocycles. The van der Waals surface area contributed by atoms with E-state index in [1.165, 1.54) is 17.9 Å². The van der Waals surface area contributed by atoms with Crippen molar-refractivity contribution in [3.05, 3.63) is 17.5 Å². The van der Waals surface area contributed by atoms with Crippen LogP contribution in [0.4, 0.5) is 8.78 Å². The minimum Gasteiger partial charge on any atom is -0.405 e. The highest BCUT2D eigenvalue weighted by molar-refractivity contribution is 6.09. The Morgan fingerprint density at radius 1 is 1.53 bits per heavy atom. The summed E-state index contributed by atoms with van der Waals surface area (Å²) in [6.45, 7) is 0. The summed E-state index contributed by atoms with van der Waals surface area (Å²) >= 11 is 0. The maximum Gasteiger partial charge on any atom is 0.340 e. The molecular formula is C10H9F2N3O2. The van der Waals surface area contributed by atoms with Crippen molar-refractivity contribution in [3.8, 4) is 0 Å². The minimum absolute atomic E-state index is 0.0316. The van der Waals surface area contributed by atoms with Crippen LogP contribution in [0.2, 0.25) is 0 Å². The van der Waals surface area contributed by atoms with Crippen LogP contribution in [-0.4, -0.2) is 27.2 Å². The molecule has 17 heavy (non-hydrogen) atoms. The van der Waals surface area contributed by atoms with Gasteiger partial charge in [-0.15, -0.1) is 0 Å². The highest BCUT2D eigenvalue weighted by Gasteiger charge is 2.56. The zero-order valence-electron chi connectivity index (χ0n) is 8.98. The van der Waals surface area contributed by atoms with Gasteiger partial charge in [-0.3, -0.25) is 4.68 Å². The maximum atomic E-state index is 12.7. The molecule has 1 fully saturated rings. The van der Waals surface area contributed by atoms with E-state index in [1.54, 1.807) is 0 Å². The molecule has 7 heteroatoms. The number of rotatable bonds is 2. The number of ether oxygens (including phenoxy) is 1. The predicted octanol–water partition coefficient (Wildman–Crippen LogP) is 1.19. The molecule has 0 aromatic carbocycles. The zero-order valence-corrected chi connectivity index (χ0v) is 8.98. The predicted molar refractivity (Wildman–Crippen MR) is 52.8 cm³/mol. The standard InChI is InChI=1S/C10H9F2N3O2/c1-15-4-5(6(14-15)7(11)12)8-13-10(2-3-10)9(16)17-8/h4,7H,2-3H2,1H3. The first-order valence-corrected chi connectivity index (χ1v) is 5.16. The number of aliphatic imine (C=N–C) groups is 1. The van der Waals surface area contributed by atoms with E-state index in [2.05, 4.69) is 10.1 Å². The fourth-order valence-corrected chi connectivity index (χ4v) is 1.83. The molecule has 1 saturated carbocycles. The van der Waals surface area contributed by atoms with E-state index in [0.29, 0.717) is 12.8 Å². The summed E-state index contributed by atoms with van der Waals surface area (Å²) in [5.41, 5.74) is -1.10. The Balaban J connectivity index is 2.03. The second-order valence-corrected chi connectivity index (χ2v) is 4.24. The molecule has 90 valence electrons. The van der Waals surface area contributed by atoms with Crippen LogP contribution in [-0.2, 0) is 16.6 Å². The number of aromatic nitrogens is 2. The molecule has 0 atom stereocenters. The van der Waals surface area contributed by atoms with Crippen LogP contribution in [0.15, 0.2) is 11.2 Å². The Bertz CT molecular complexity index is 532. The summed E-state index contributed by atoms with van der Waals surface area (Å²) in [5, 5.41) is 3.64. The Morgan fingerprint density at radius 3 is 2.76 bits per heavy atom. The van der Waals surface area contributed by atoms with Gasteiger partial charge in [-0.2, -0.15) is 5.10 Å². The summed E-state index contributed by atoms with van der Waals surface area (Å²) in [6.07, 6.45) is -0.0860. The number of cyclic esters (lactones) is 1. The van der Waals surface area contributed by atoms with Crippen molar-refractivity contribution in [1.29, 1.82) is 0 Å². The lowest BCUT2D eigenvalue weighted by Crippen LogP contribution is -2.15. The first-order chi connectivity index (χ1) is 8.02. The average Bonchev–Trinajstić information content (AvgIpc) is 2.81. The van der Waals surface area contributed by atoms with Crippen molar-refractivity contribution in [2.45, 2.75) is 24.8 Å². The Hall–Kier alpha value is -1.79. The van der Waals surface area contributed by atoms with Gasteiger partial charge in [0.05, 0.1) is 5.56 Å². The molecule has 0 saturated heterocycles. The summed E-state index contributed by atoms with van der Waals surface area (Å²) in [5.74, 6) is -0.479. The first-order valence-electron chi connectivity index (χ1n) is 5.16. The van der Waals surface area contributed by atoms with Gasteiger partial charge in [0.2, 0.25) is 5.90 Å². The highest BCUT2D eigenvalue weighted by atomic mass is 19.3. The number of aryl methyl sites for hydroxylation is 1. The van der Waals surface area contributed by atoms with Gasteiger partial charge in [-0.1, -0.05) is 0 Å². The van der Waals surface area contributed by atoms with Crippen LogP contribution in [0, 0.1) is 0 Å². The quantitative estimate of drug-likeness (QED) is 0.731. The van der Waals surface area contributed by atoms with Gasteiger partial charge in [0.15, 0.2) is 5.54 Å². The molecule has 0 unspecified atom stereocenters. The summed E-state index contributed by atoms with van der Waals surface area (Å²) in [4.78, 5) is 15.6. The third-order valence-electron chi connectivity index (χ3n) is 2.90. The molecule has 3 rings (SSSR count). The smallest absolute Gasteiger partial charge is 0.340 e. The van der Waals surface area contributed by atoms with Crippen LogP contribution >= 0.6 is 0 Å². The van der Waals surface area contributed by atoms with Crippen LogP contribution in [0.5, 0.6) is 0 Å². The van der Waals surface area contributed by atoms with E-state index in [4.69, 9.17) is 4.74 Å². The van der Waals surface area contributed by atoms with Gasteiger partial charge in [-0.25, -0.2) is 18.6 Å². The van der Waals surface area contributed by atoms with Gasteiger partial charge >= 0.3 is 5.97 Å². The number of carbonyl (C=O) groups is 1. The normalized spacial score (nSPS) is 20.9. The van der Waals surface area contributed by atoms with Crippen molar-refractivity contribution in [2.75, 3.05) is 0 Å². The number of esters is 1. The van der Waals surface area contributed by atoms with Gasteiger partial charge in [0, 0.05) is 13.2 Å². The van der Waals surface area contributed by atoms with Crippen molar-refractivity contribution < 1.29 is 18.3 Å². The number of alkyl halides is 2. The highest BCUT2D eigenvalue weighted by Crippen LogP contribution is 2.45. The molecule has 1 aliphatic heterocycles. The van der Waals surface area contributed by atoms with E-state index in [0.717, 1.165) is 0 Å². The fourth-order valence-electron chi connectivity index (χ4n) is 1.83. The minimum atomic E-state index is -2.72. The molecule has 0 N–H and O–H groups in total. The molecule has 1 aliphatic carbocycles. The van der Waals surface area contributed by atoms with Gasteiger partial charge < -0.3 is 4.74 Å². The van der Waals surface area contributed by atoms with E-state index in [1.807, 2.05) is 0 Å². The van der Waals surface area contributed by atoms with Crippen LogP contribution < -0.4 is 0 Å². The van der Waals surface area contributed by atoms with Gasteiger partial charge in [0.1, 0.15) is 5.69 Å². The van der Waals surface area contributed by atoms with Crippen molar-refractivity contribution in [1.82, 2.24) is 9.78 Å². The van der Waals surface area contributed by atoms with Crippen molar-refractivity contribution in [3.63, 3.8) is 0 Å². The zero-order chi connectivity index (χ0) is 12.2. The second-order valence-electron chi connectivity index (χ2n) is 4.24. The van der Waals surface area contributed by atoms with Gasteiger partial charge in [0.25, 0.3) is 6.43 Å². The van der Waals surface area contributed by atoms with Crippen LogP contribution in [0.3, 0.4) is 0 Å². The first kappa shape index (κ1) is 10.4. The topological polar surface area (TPSA) is 56.5 Å². The lowest BCUT2D eigenvalue weighted by Gasteiger charge is -1.99. The number of carbonyl (C=O) groups excluding carboxylic acids is 1. The molecule has 0 amide bonds. The SMILES string of the molecule is Cn1cc(C2=NC3(CC3)C(=O)O2)c(C(F)F)n1. The largest absolute Gasteiger partial charge is 0.405 e. The van der Waals surface area contributed by atoms with Crippen LogP contribution in [0.25, 0.3) is 0 Å². The third-order valence-corrected chi connectivity index (χ3v) is 2.90. The van der Waals surface area contributed by atoms with Gasteiger partial charge in [-0.05, 0) is 12.8 Å².